The molecule has 1 amide bonds. The number of alkyl halides is 3. The maximum atomic E-state index is 12.8. The average molecular weight is 381 g/mol. The molecule has 2 aromatic rings. The molecule has 0 aliphatic heterocycles. The average Bonchev–Trinajstić information content (AvgIpc) is 3.43. The van der Waals surface area contributed by atoms with Gasteiger partial charge in [0.25, 0.3) is 0 Å². The van der Waals surface area contributed by atoms with Gasteiger partial charge in [0.1, 0.15) is 0 Å². The molecule has 1 heterocycles. The molecule has 1 aliphatic rings. The summed E-state index contributed by atoms with van der Waals surface area (Å²) in [6, 6.07) is 6.87. The first-order chi connectivity index (χ1) is 12.3. The lowest BCUT2D eigenvalue weighted by Gasteiger charge is -2.20. The van der Waals surface area contributed by atoms with E-state index in [0.29, 0.717) is 6.54 Å². The Morgan fingerprint density at radius 1 is 1.31 bits per heavy atom. The van der Waals surface area contributed by atoms with Gasteiger partial charge in [-0.1, -0.05) is 17.7 Å². The predicted molar refractivity (Wildman–Crippen MR) is 93.3 cm³/mol. The first-order valence-electron chi connectivity index (χ1n) is 8.09. The molecule has 136 valence electrons. The van der Waals surface area contributed by atoms with Crippen molar-refractivity contribution >= 4 is 23.6 Å². The summed E-state index contributed by atoms with van der Waals surface area (Å²) in [7, 11) is 0. The third-order valence-electron chi connectivity index (χ3n) is 4.08. The smallest absolute Gasteiger partial charge is 0.332 e. The van der Waals surface area contributed by atoms with Crippen LogP contribution < -0.4 is 0 Å². The van der Waals surface area contributed by atoms with E-state index >= 15 is 0 Å². The van der Waals surface area contributed by atoms with Crippen LogP contribution in [-0.4, -0.2) is 21.8 Å². The van der Waals surface area contributed by atoms with E-state index in [9.17, 15) is 18.0 Å². The van der Waals surface area contributed by atoms with Crippen molar-refractivity contribution in [1.29, 1.82) is 0 Å². The molecule has 3 rings (SSSR count). The van der Waals surface area contributed by atoms with Crippen LogP contribution in [0.2, 0.25) is 5.02 Å². The third kappa shape index (κ3) is 4.64. The van der Waals surface area contributed by atoms with E-state index in [2.05, 4.69) is 4.98 Å². The number of amides is 1. The number of hydrogen-bond acceptors (Lipinski definition) is 2. The zero-order valence-corrected chi connectivity index (χ0v) is 14.5. The van der Waals surface area contributed by atoms with Gasteiger partial charge in [-0.15, -0.1) is 0 Å². The van der Waals surface area contributed by atoms with E-state index in [4.69, 9.17) is 11.6 Å². The van der Waals surface area contributed by atoms with Gasteiger partial charge in [0.15, 0.2) is 0 Å². The molecule has 7 heteroatoms. The molecule has 0 bridgehead atoms. The topological polar surface area (TPSA) is 33.2 Å². The van der Waals surface area contributed by atoms with Crippen molar-refractivity contribution in [3.05, 3.63) is 70.5 Å². The Hall–Kier alpha value is -2.34. The lowest BCUT2D eigenvalue weighted by atomic mass is 10.1. The second-order valence-electron chi connectivity index (χ2n) is 6.13. The minimum atomic E-state index is -4.46. The van der Waals surface area contributed by atoms with Gasteiger partial charge in [-0.25, -0.2) is 0 Å². The standard InChI is InChI=1S/C19H16ClF3N2O/c20-17-7-4-15(19(21,22)23)10-14(17)3-8-18(26)25(16-5-6-16)12-13-2-1-9-24-11-13/h1-4,7-11,16H,5-6,12H2/b8-3+. The summed E-state index contributed by atoms with van der Waals surface area (Å²) in [6.45, 7) is 0.415. The molecule has 1 aromatic heterocycles. The highest BCUT2D eigenvalue weighted by Crippen LogP contribution is 2.32. The molecular weight excluding hydrogens is 365 g/mol. The maximum Gasteiger partial charge on any atom is 0.416 e. The summed E-state index contributed by atoms with van der Waals surface area (Å²) in [5, 5.41) is 0.160. The van der Waals surface area contributed by atoms with Crippen molar-refractivity contribution in [3.63, 3.8) is 0 Å². The normalized spacial score (nSPS) is 14.6. The van der Waals surface area contributed by atoms with Crippen molar-refractivity contribution in [2.45, 2.75) is 31.6 Å². The lowest BCUT2D eigenvalue weighted by molar-refractivity contribution is -0.137. The van der Waals surface area contributed by atoms with Crippen LogP contribution in [0, 0.1) is 0 Å². The SMILES string of the molecule is O=C(/C=C/c1cc(C(F)(F)F)ccc1Cl)N(Cc1cccnc1)C1CC1. The molecular formula is C19H16ClF3N2O. The first kappa shape index (κ1) is 18.5. The van der Waals surface area contributed by atoms with Crippen molar-refractivity contribution < 1.29 is 18.0 Å². The van der Waals surface area contributed by atoms with E-state index in [0.717, 1.165) is 30.5 Å². The Morgan fingerprint density at radius 3 is 2.69 bits per heavy atom. The molecule has 26 heavy (non-hydrogen) atoms. The number of aromatic nitrogens is 1. The fourth-order valence-electron chi connectivity index (χ4n) is 2.57. The Morgan fingerprint density at radius 2 is 2.08 bits per heavy atom. The van der Waals surface area contributed by atoms with Crippen LogP contribution >= 0.6 is 11.6 Å². The highest BCUT2D eigenvalue weighted by Gasteiger charge is 2.32. The fourth-order valence-corrected chi connectivity index (χ4v) is 2.75. The number of pyridine rings is 1. The summed E-state index contributed by atoms with van der Waals surface area (Å²) in [6.07, 6.45) is 3.33. The number of carbonyl (C=O) groups excluding carboxylic acids is 1. The fraction of sp³-hybridized carbons (Fsp3) is 0.263. The molecule has 1 aliphatic carbocycles. The van der Waals surface area contributed by atoms with E-state index in [1.54, 1.807) is 23.4 Å². The molecule has 1 saturated carbocycles. The zero-order chi connectivity index (χ0) is 18.7. The molecule has 1 aromatic carbocycles. The first-order valence-corrected chi connectivity index (χ1v) is 8.47. The van der Waals surface area contributed by atoms with Crippen LogP contribution in [0.1, 0.15) is 29.5 Å². The van der Waals surface area contributed by atoms with Crippen LogP contribution in [0.15, 0.2) is 48.8 Å². The number of nitrogens with zero attached hydrogens (tertiary/aromatic N) is 2. The van der Waals surface area contributed by atoms with Gasteiger partial charge in [0.05, 0.1) is 5.56 Å². The minimum Gasteiger partial charge on any atom is -0.332 e. The number of hydrogen-bond donors (Lipinski definition) is 0. The quantitative estimate of drug-likeness (QED) is 0.687. The van der Waals surface area contributed by atoms with Crippen LogP contribution in [0.25, 0.3) is 6.08 Å². The predicted octanol–water partition coefficient (Wildman–Crippen LogP) is 4.96. The lowest BCUT2D eigenvalue weighted by Crippen LogP contribution is -2.31. The second-order valence-corrected chi connectivity index (χ2v) is 6.53. The molecule has 0 radical (unpaired) electrons. The molecule has 1 fully saturated rings. The summed E-state index contributed by atoms with van der Waals surface area (Å²) in [5.74, 6) is -0.259. The molecule has 0 saturated heterocycles. The number of carbonyl (C=O) groups is 1. The Balaban J connectivity index is 1.77. The van der Waals surface area contributed by atoms with Gasteiger partial charge in [-0.05, 0) is 54.3 Å². The number of benzene rings is 1. The second kappa shape index (κ2) is 7.50. The Bertz CT molecular complexity index is 817. The molecule has 0 atom stereocenters. The van der Waals surface area contributed by atoms with E-state index in [-0.39, 0.29) is 22.5 Å². The summed E-state index contributed by atoms with van der Waals surface area (Å²) >= 11 is 5.96. The van der Waals surface area contributed by atoms with Gasteiger partial charge in [-0.3, -0.25) is 9.78 Å². The van der Waals surface area contributed by atoms with E-state index in [1.165, 1.54) is 18.2 Å². The van der Waals surface area contributed by atoms with Crippen molar-refractivity contribution in [1.82, 2.24) is 9.88 Å². The summed E-state index contributed by atoms with van der Waals surface area (Å²) in [5.41, 5.74) is 0.258. The van der Waals surface area contributed by atoms with Gasteiger partial charge >= 0.3 is 6.18 Å². The van der Waals surface area contributed by atoms with Crippen molar-refractivity contribution in [3.8, 4) is 0 Å². The highest BCUT2D eigenvalue weighted by molar-refractivity contribution is 6.32. The van der Waals surface area contributed by atoms with Crippen LogP contribution in [0.4, 0.5) is 13.2 Å². The van der Waals surface area contributed by atoms with Gasteiger partial charge in [-0.2, -0.15) is 13.2 Å². The van der Waals surface area contributed by atoms with Crippen LogP contribution in [0.3, 0.4) is 0 Å². The van der Waals surface area contributed by atoms with Crippen LogP contribution in [-0.2, 0) is 17.5 Å². The van der Waals surface area contributed by atoms with Gasteiger partial charge in [0.2, 0.25) is 5.91 Å². The Labute approximate surface area is 154 Å². The molecule has 3 nitrogen and oxygen atoms in total. The highest BCUT2D eigenvalue weighted by atomic mass is 35.5. The minimum absolute atomic E-state index is 0.157. The van der Waals surface area contributed by atoms with Gasteiger partial charge < -0.3 is 4.90 Å². The summed E-state index contributed by atoms with van der Waals surface area (Å²) in [4.78, 5) is 18.3. The maximum absolute atomic E-state index is 12.8. The van der Waals surface area contributed by atoms with E-state index in [1.807, 2.05) is 6.07 Å². The van der Waals surface area contributed by atoms with Crippen molar-refractivity contribution in [2.75, 3.05) is 0 Å². The number of rotatable bonds is 5. The summed E-state index contributed by atoms with van der Waals surface area (Å²) < 4.78 is 38.5. The number of halogens is 4. The molecule has 0 spiro atoms. The van der Waals surface area contributed by atoms with Crippen molar-refractivity contribution in [2.24, 2.45) is 0 Å². The van der Waals surface area contributed by atoms with Gasteiger partial charge in [0, 0.05) is 36.1 Å². The molecule has 0 N–H and O–H groups in total. The largest absolute Gasteiger partial charge is 0.416 e. The zero-order valence-electron chi connectivity index (χ0n) is 13.7. The third-order valence-corrected chi connectivity index (χ3v) is 4.42. The van der Waals surface area contributed by atoms with E-state index < -0.39 is 11.7 Å². The van der Waals surface area contributed by atoms with Crippen LogP contribution in [0.5, 0.6) is 0 Å². The monoisotopic (exact) mass is 380 g/mol. The molecule has 0 unspecified atom stereocenters. The Kier molecular flexibility index (Phi) is 5.32.